The molecule has 0 saturated carbocycles. The van der Waals surface area contributed by atoms with Gasteiger partial charge in [0.15, 0.2) is 0 Å². The second-order valence-electron chi connectivity index (χ2n) is 5.02. The number of nitrogens with zero attached hydrogens (tertiary/aromatic N) is 1. The number of esters is 1. The third-order valence-electron chi connectivity index (χ3n) is 3.20. The van der Waals surface area contributed by atoms with Crippen LogP contribution in [0.5, 0.6) is 0 Å². The van der Waals surface area contributed by atoms with Crippen molar-refractivity contribution in [3.63, 3.8) is 0 Å². The van der Waals surface area contributed by atoms with Crippen molar-refractivity contribution in [2.75, 3.05) is 40.0 Å². The highest BCUT2D eigenvalue weighted by atomic mass is 35.5. The molecule has 0 heterocycles. The highest BCUT2D eigenvalue weighted by Gasteiger charge is 2.22. The number of benzene rings is 1. The Morgan fingerprint density at radius 1 is 1.35 bits per heavy atom. The lowest BCUT2D eigenvalue weighted by Crippen LogP contribution is -2.39. The monoisotopic (exact) mass is 343 g/mol. The van der Waals surface area contributed by atoms with Gasteiger partial charge in [0, 0.05) is 23.7 Å². The molecule has 0 spiro atoms. The maximum absolute atomic E-state index is 12.6. The van der Waals surface area contributed by atoms with Gasteiger partial charge in [0.1, 0.15) is 0 Å². The molecule has 1 aromatic rings. The number of aliphatic hydroxyl groups excluding tert-OH is 1. The zero-order valence-electron chi connectivity index (χ0n) is 13.3. The van der Waals surface area contributed by atoms with Gasteiger partial charge in [0.2, 0.25) is 0 Å². The Bertz CT molecular complexity index is 523. The molecule has 0 radical (unpaired) electrons. The van der Waals surface area contributed by atoms with E-state index in [0.717, 1.165) is 0 Å². The zero-order valence-corrected chi connectivity index (χ0v) is 14.1. The summed E-state index contributed by atoms with van der Waals surface area (Å²) in [5, 5.41) is 9.18. The lowest BCUT2D eigenvalue weighted by atomic mass is 10.1. The van der Waals surface area contributed by atoms with Crippen LogP contribution < -0.4 is 0 Å². The highest BCUT2D eigenvalue weighted by molar-refractivity contribution is 6.30. The summed E-state index contributed by atoms with van der Waals surface area (Å²) >= 11 is 5.92. The van der Waals surface area contributed by atoms with Crippen LogP contribution in [0.2, 0.25) is 5.02 Å². The molecule has 1 aromatic carbocycles. The van der Waals surface area contributed by atoms with Crippen molar-refractivity contribution in [2.24, 2.45) is 5.92 Å². The first-order chi connectivity index (χ1) is 11.0. The molecule has 0 aliphatic carbocycles. The minimum absolute atomic E-state index is 0.0825. The molecule has 23 heavy (non-hydrogen) atoms. The normalized spacial score (nSPS) is 11.8. The van der Waals surface area contributed by atoms with Gasteiger partial charge in [0.05, 0.1) is 32.8 Å². The molecule has 0 saturated heterocycles. The van der Waals surface area contributed by atoms with Crippen LogP contribution in [0.1, 0.15) is 17.3 Å². The lowest BCUT2D eigenvalue weighted by molar-refractivity contribution is -0.145. The summed E-state index contributed by atoms with van der Waals surface area (Å²) in [5.41, 5.74) is 0.441. The molecule has 1 unspecified atom stereocenters. The van der Waals surface area contributed by atoms with E-state index in [1.807, 2.05) is 0 Å². The minimum Gasteiger partial charge on any atom is -0.469 e. The van der Waals surface area contributed by atoms with Crippen molar-refractivity contribution in [3.05, 3.63) is 34.9 Å². The number of rotatable bonds is 9. The molecule has 7 heteroatoms. The van der Waals surface area contributed by atoms with Crippen molar-refractivity contribution >= 4 is 23.5 Å². The van der Waals surface area contributed by atoms with Crippen LogP contribution in [-0.4, -0.2) is 61.9 Å². The fourth-order valence-corrected chi connectivity index (χ4v) is 2.22. The molecule has 0 aliphatic rings. The summed E-state index contributed by atoms with van der Waals surface area (Å²) in [6.45, 7) is 2.58. The molecule has 128 valence electrons. The fourth-order valence-electron chi connectivity index (χ4n) is 2.03. The molecule has 0 bridgehead atoms. The largest absolute Gasteiger partial charge is 0.469 e. The van der Waals surface area contributed by atoms with Gasteiger partial charge in [-0.05, 0) is 18.2 Å². The SMILES string of the molecule is COC(=O)C(C)CN(CCOCCO)C(=O)c1cccc(Cl)c1. The summed E-state index contributed by atoms with van der Waals surface area (Å²) in [7, 11) is 1.31. The summed E-state index contributed by atoms with van der Waals surface area (Å²) in [5.74, 6) is -1.08. The van der Waals surface area contributed by atoms with E-state index in [4.69, 9.17) is 26.2 Å². The highest BCUT2D eigenvalue weighted by Crippen LogP contribution is 2.14. The quantitative estimate of drug-likeness (QED) is 0.544. The third kappa shape index (κ3) is 6.56. The van der Waals surface area contributed by atoms with Gasteiger partial charge < -0.3 is 19.5 Å². The molecule has 6 nitrogen and oxygen atoms in total. The molecule has 0 fully saturated rings. The van der Waals surface area contributed by atoms with Crippen LogP contribution in [0.4, 0.5) is 0 Å². The Balaban J connectivity index is 2.80. The summed E-state index contributed by atoms with van der Waals surface area (Å²) < 4.78 is 9.90. The van der Waals surface area contributed by atoms with Gasteiger partial charge in [-0.2, -0.15) is 0 Å². The van der Waals surface area contributed by atoms with E-state index in [9.17, 15) is 9.59 Å². The van der Waals surface area contributed by atoms with Gasteiger partial charge in [-0.15, -0.1) is 0 Å². The average Bonchev–Trinajstić information content (AvgIpc) is 2.56. The Morgan fingerprint density at radius 3 is 2.70 bits per heavy atom. The predicted molar refractivity (Wildman–Crippen MR) is 86.4 cm³/mol. The van der Waals surface area contributed by atoms with Crippen LogP contribution in [0.15, 0.2) is 24.3 Å². The number of halogens is 1. The topological polar surface area (TPSA) is 76.1 Å². The van der Waals surface area contributed by atoms with Crippen molar-refractivity contribution in [3.8, 4) is 0 Å². The summed E-state index contributed by atoms with van der Waals surface area (Å²) in [6, 6.07) is 6.62. The number of ether oxygens (including phenoxy) is 2. The first kappa shape index (κ1) is 19.4. The van der Waals surface area contributed by atoms with E-state index in [1.165, 1.54) is 12.0 Å². The van der Waals surface area contributed by atoms with E-state index in [0.29, 0.717) is 17.1 Å². The van der Waals surface area contributed by atoms with Crippen molar-refractivity contribution in [1.29, 1.82) is 0 Å². The van der Waals surface area contributed by atoms with Crippen LogP contribution in [0.3, 0.4) is 0 Å². The smallest absolute Gasteiger partial charge is 0.310 e. The molecule has 1 N–H and O–H groups in total. The molecule has 1 atom stereocenters. The lowest BCUT2D eigenvalue weighted by Gasteiger charge is -2.25. The number of carbonyl (C=O) groups is 2. The van der Waals surface area contributed by atoms with Crippen molar-refractivity contribution in [1.82, 2.24) is 4.90 Å². The van der Waals surface area contributed by atoms with Crippen molar-refractivity contribution < 1.29 is 24.2 Å². The zero-order chi connectivity index (χ0) is 17.2. The third-order valence-corrected chi connectivity index (χ3v) is 3.43. The second-order valence-corrected chi connectivity index (χ2v) is 5.46. The van der Waals surface area contributed by atoms with Crippen molar-refractivity contribution in [2.45, 2.75) is 6.92 Å². The fraction of sp³-hybridized carbons (Fsp3) is 0.500. The number of carbonyl (C=O) groups excluding carboxylic acids is 2. The standard InChI is InChI=1S/C16H22ClNO5/c1-12(16(21)22-2)11-18(6-8-23-9-7-19)15(20)13-4-3-5-14(17)10-13/h3-5,10,12,19H,6-9,11H2,1-2H3. The number of methoxy groups -OCH3 is 1. The van der Waals surface area contributed by atoms with Crippen LogP contribution in [0.25, 0.3) is 0 Å². The van der Waals surface area contributed by atoms with Gasteiger partial charge in [-0.1, -0.05) is 24.6 Å². The predicted octanol–water partition coefficient (Wildman–Crippen LogP) is 1.60. The van der Waals surface area contributed by atoms with Gasteiger partial charge in [-0.25, -0.2) is 0 Å². The average molecular weight is 344 g/mol. The Hall–Kier alpha value is -1.63. The van der Waals surface area contributed by atoms with E-state index >= 15 is 0 Å². The van der Waals surface area contributed by atoms with Crippen LogP contribution >= 0.6 is 11.6 Å². The van der Waals surface area contributed by atoms with E-state index < -0.39 is 5.92 Å². The molecule has 1 amide bonds. The minimum atomic E-state index is -0.457. The second kappa shape index (κ2) is 10.2. The number of hydrogen-bond acceptors (Lipinski definition) is 5. The van der Waals surface area contributed by atoms with E-state index in [1.54, 1.807) is 31.2 Å². The molecule has 0 aromatic heterocycles. The van der Waals surface area contributed by atoms with Gasteiger partial charge in [0.25, 0.3) is 5.91 Å². The summed E-state index contributed by atoms with van der Waals surface area (Å²) in [6.07, 6.45) is 0. The number of amides is 1. The molecular formula is C16H22ClNO5. The van der Waals surface area contributed by atoms with E-state index in [2.05, 4.69) is 0 Å². The van der Waals surface area contributed by atoms with Gasteiger partial charge in [-0.3, -0.25) is 9.59 Å². The van der Waals surface area contributed by atoms with E-state index in [-0.39, 0.29) is 38.2 Å². The number of hydrogen-bond donors (Lipinski definition) is 1. The first-order valence-corrected chi connectivity index (χ1v) is 7.68. The molecular weight excluding hydrogens is 322 g/mol. The number of aliphatic hydroxyl groups is 1. The first-order valence-electron chi connectivity index (χ1n) is 7.30. The van der Waals surface area contributed by atoms with Crippen LogP contribution in [0, 0.1) is 5.92 Å². The Morgan fingerprint density at radius 2 is 2.09 bits per heavy atom. The maximum atomic E-state index is 12.6. The molecule has 0 aliphatic heterocycles. The van der Waals surface area contributed by atoms with Gasteiger partial charge >= 0.3 is 5.97 Å². The Kier molecular flexibility index (Phi) is 8.61. The Labute approximate surface area is 140 Å². The molecule has 1 rings (SSSR count). The summed E-state index contributed by atoms with van der Waals surface area (Å²) in [4.78, 5) is 25.7. The van der Waals surface area contributed by atoms with Crippen LogP contribution in [-0.2, 0) is 14.3 Å². The maximum Gasteiger partial charge on any atom is 0.310 e.